The Labute approximate surface area is 150 Å². The first kappa shape index (κ1) is 19.8. The zero-order valence-electron chi connectivity index (χ0n) is 14.7. The lowest BCUT2D eigenvalue weighted by Gasteiger charge is -2.15. The van der Waals surface area contributed by atoms with Crippen molar-refractivity contribution < 1.29 is 22.7 Å². The number of aryl methyl sites for hydroxylation is 1. The van der Waals surface area contributed by atoms with Crippen LogP contribution in [0.5, 0.6) is 0 Å². The van der Waals surface area contributed by atoms with Gasteiger partial charge in [-0.15, -0.1) is 11.3 Å². The summed E-state index contributed by atoms with van der Waals surface area (Å²) < 4.78 is 44.5. The second-order valence-corrected chi connectivity index (χ2v) is 7.23. The van der Waals surface area contributed by atoms with Gasteiger partial charge in [-0.3, -0.25) is 4.79 Å². The Hall–Kier alpha value is -1.56. The third-order valence-electron chi connectivity index (χ3n) is 4.30. The van der Waals surface area contributed by atoms with Gasteiger partial charge in [0.15, 0.2) is 0 Å². The first-order chi connectivity index (χ1) is 11.8. The van der Waals surface area contributed by atoms with Gasteiger partial charge < -0.3 is 4.74 Å². The topological polar surface area (TPSA) is 26.3 Å². The van der Waals surface area contributed by atoms with E-state index < -0.39 is 11.7 Å². The van der Waals surface area contributed by atoms with Crippen molar-refractivity contribution >= 4 is 27.4 Å². The molecule has 0 N–H and O–H groups in total. The average Bonchev–Trinajstić information content (AvgIpc) is 2.87. The Morgan fingerprint density at radius 2 is 2.00 bits per heavy atom. The van der Waals surface area contributed by atoms with Crippen molar-refractivity contribution in [1.29, 1.82) is 0 Å². The molecule has 0 spiro atoms. The summed E-state index contributed by atoms with van der Waals surface area (Å²) in [5.74, 6) is -0.262. The molecule has 0 amide bonds. The van der Waals surface area contributed by atoms with Crippen LogP contribution in [0.4, 0.5) is 13.2 Å². The van der Waals surface area contributed by atoms with Crippen LogP contribution in [0.1, 0.15) is 61.5 Å². The molecule has 0 aliphatic rings. The molecule has 0 saturated carbocycles. The van der Waals surface area contributed by atoms with Crippen LogP contribution < -0.4 is 0 Å². The molecule has 2 rings (SSSR count). The molecule has 2 aromatic rings. The minimum Gasteiger partial charge on any atom is -0.466 e. The predicted octanol–water partition coefficient (Wildman–Crippen LogP) is 6.46. The van der Waals surface area contributed by atoms with E-state index in [4.69, 9.17) is 4.74 Å². The number of hydrogen-bond donors (Lipinski definition) is 0. The van der Waals surface area contributed by atoms with Crippen LogP contribution in [0.15, 0.2) is 18.2 Å². The summed E-state index contributed by atoms with van der Waals surface area (Å²) in [5.41, 5.74) is 0.336. The van der Waals surface area contributed by atoms with Crippen molar-refractivity contribution in [3.05, 3.63) is 34.2 Å². The molecule has 1 atom stereocenters. The largest absolute Gasteiger partial charge is 0.466 e. The number of hydrogen-bond acceptors (Lipinski definition) is 3. The standard InChI is InChI=1S/C19H23F3O2S/c1-4-6-7-13(10-17(23)24-5-2)18-12(3)15-9-8-14(19(20,21)22)11-16(15)25-18/h8-9,11,13H,4-7,10H2,1-3H3. The van der Waals surface area contributed by atoms with Gasteiger partial charge in [0.2, 0.25) is 0 Å². The number of carbonyl (C=O) groups excluding carboxylic acids is 1. The molecule has 0 radical (unpaired) electrons. The number of fused-ring (bicyclic) bond motifs is 1. The van der Waals surface area contributed by atoms with E-state index in [1.165, 1.54) is 23.5 Å². The Morgan fingerprint density at radius 3 is 2.60 bits per heavy atom. The number of alkyl halides is 3. The summed E-state index contributed by atoms with van der Waals surface area (Å²) in [6.45, 7) is 6.10. The van der Waals surface area contributed by atoms with Gasteiger partial charge in [-0.2, -0.15) is 13.2 Å². The third-order valence-corrected chi connectivity index (χ3v) is 5.71. The first-order valence-corrected chi connectivity index (χ1v) is 9.35. The highest BCUT2D eigenvalue weighted by Gasteiger charge is 2.31. The van der Waals surface area contributed by atoms with Crippen LogP contribution in [0.3, 0.4) is 0 Å². The van der Waals surface area contributed by atoms with Crippen LogP contribution in [0, 0.1) is 6.92 Å². The van der Waals surface area contributed by atoms with E-state index >= 15 is 0 Å². The van der Waals surface area contributed by atoms with Crippen LogP contribution in [-0.4, -0.2) is 12.6 Å². The van der Waals surface area contributed by atoms with Crippen molar-refractivity contribution in [2.45, 2.75) is 58.5 Å². The lowest BCUT2D eigenvalue weighted by atomic mass is 9.93. The zero-order valence-corrected chi connectivity index (χ0v) is 15.5. The van der Waals surface area contributed by atoms with Gasteiger partial charge in [-0.05, 0) is 43.4 Å². The van der Waals surface area contributed by atoms with Crippen molar-refractivity contribution in [2.75, 3.05) is 6.61 Å². The Kier molecular flexibility index (Phi) is 6.49. The van der Waals surface area contributed by atoms with Crippen LogP contribution >= 0.6 is 11.3 Å². The lowest BCUT2D eigenvalue weighted by molar-refractivity contribution is -0.143. The van der Waals surface area contributed by atoms with E-state index in [9.17, 15) is 18.0 Å². The molecular weight excluding hydrogens is 349 g/mol. The molecule has 138 valence electrons. The molecule has 0 aliphatic carbocycles. The van der Waals surface area contributed by atoms with Gasteiger partial charge in [0.25, 0.3) is 0 Å². The highest BCUT2D eigenvalue weighted by Crippen LogP contribution is 2.41. The number of benzene rings is 1. The number of rotatable bonds is 7. The number of esters is 1. The van der Waals surface area contributed by atoms with Crippen molar-refractivity contribution in [3.63, 3.8) is 0 Å². The lowest BCUT2D eigenvalue weighted by Crippen LogP contribution is -2.10. The Balaban J connectivity index is 2.40. The van der Waals surface area contributed by atoms with E-state index in [2.05, 4.69) is 6.92 Å². The van der Waals surface area contributed by atoms with Gasteiger partial charge in [0, 0.05) is 15.5 Å². The molecule has 0 fully saturated rings. The number of carbonyl (C=O) groups is 1. The second-order valence-electron chi connectivity index (χ2n) is 6.15. The fourth-order valence-electron chi connectivity index (χ4n) is 3.01. The molecule has 1 aromatic heterocycles. The van der Waals surface area contributed by atoms with Crippen molar-refractivity contribution in [3.8, 4) is 0 Å². The summed E-state index contributed by atoms with van der Waals surface area (Å²) in [7, 11) is 0. The van der Waals surface area contributed by atoms with Crippen LogP contribution in [-0.2, 0) is 15.7 Å². The minimum absolute atomic E-state index is 0.00858. The molecule has 1 unspecified atom stereocenters. The highest BCUT2D eigenvalue weighted by atomic mass is 32.1. The number of unbranched alkanes of at least 4 members (excludes halogenated alkanes) is 1. The Bertz CT molecular complexity index is 734. The maximum absolute atomic E-state index is 12.9. The fourth-order valence-corrected chi connectivity index (χ4v) is 4.39. The minimum atomic E-state index is -4.35. The van der Waals surface area contributed by atoms with Gasteiger partial charge in [-0.1, -0.05) is 25.8 Å². The van der Waals surface area contributed by atoms with E-state index in [1.54, 1.807) is 6.92 Å². The summed E-state index contributed by atoms with van der Waals surface area (Å²) in [5, 5.41) is 0.832. The summed E-state index contributed by atoms with van der Waals surface area (Å²) in [6.07, 6.45) is -1.28. The third kappa shape index (κ3) is 4.75. The van der Waals surface area contributed by atoms with Gasteiger partial charge in [-0.25, -0.2) is 0 Å². The second kappa shape index (κ2) is 8.21. The predicted molar refractivity (Wildman–Crippen MR) is 95.1 cm³/mol. The molecule has 2 nitrogen and oxygen atoms in total. The van der Waals surface area contributed by atoms with Crippen LogP contribution in [0.25, 0.3) is 10.1 Å². The van der Waals surface area contributed by atoms with Crippen molar-refractivity contribution in [2.24, 2.45) is 0 Å². The molecule has 6 heteroatoms. The van der Waals surface area contributed by atoms with E-state index in [-0.39, 0.29) is 18.3 Å². The monoisotopic (exact) mass is 372 g/mol. The molecular formula is C19H23F3O2S. The highest BCUT2D eigenvalue weighted by molar-refractivity contribution is 7.19. The number of halogens is 3. The maximum Gasteiger partial charge on any atom is 0.416 e. The van der Waals surface area contributed by atoms with Gasteiger partial charge in [0.1, 0.15) is 0 Å². The molecule has 0 saturated heterocycles. The first-order valence-electron chi connectivity index (χ1n) is 8.53. The van der Waals surface area contributed by atoms with Gasteiger partial charge >= 0.3 is 12.1 Å². The molecule has 0 aliphatic heterocycles. The summed E-state index contributed by atoms with van der Waals surface area (Å²) >= 11 is 1.37. The number of thiophene rings is 1. The van der Waals surface area contributed by atoms with Crippen LogP contribution in [0.2, 0.25) is 0 Å². The average molecular weight is 372 g/mol. The Morgan fingerprint density at radius 1 is 1.28 bits per heavy atom. The fraction of sp³-hybridized carbons (Fsp3) is 0.526. The number of ether oxygens (including phenoxy) is 1. The smallest absolute Gasteiger partial charge is 0.416 e. The molecule has 25 heavy (non-hydrogen) atoms. The quantitative estimate of drug-likeness (QED) is 0.522. The maximum atomic E-state index is 12.9. The molecule has 0 bridgehead atoms. The van der Waals surface area contributed by atoms with Crippen molar-refractivity contribution in [1.82, 2.24) is 0 Å². The van der Waals surface area contributed by atoms with E-state index in [0.717, 1.165) is 41.2 Å². The van der Waals surface area contributed by atoms with E-state index in [0.29, 0.717) is 11.3 Å². The summed E-state index contributed by atoms with van der Waals surface area (Å²) in [4.78, 5) is 12.9. The summed E-state index contributed by atoms with van der Waals surface area (Å²) in [6, 6.07) is 3.87. The van der Waals surface area contributed by atoms with Gasteiger partial charge in [0.05, 0.1) is 18.6 Å². The molecule has 1 aromatic carbocycles. The molecule has 1 heterocycles. The normalized spacial score (nSPS) is 13.2. The van der Waals surface area contributed by atoms with E-state index in [1.807, 2.05) is 6.92 Å². The SMILES string of the molecule is CCCCC(CC(=O)OCC)c1sc2cc(C(F)(F)F)ccc2c1C. The zero-order chi connectivity index (χ0) is 18.6.